The van der Waals surface area contributed by atoms with E-state index in [1.807, 2.05) is 0 Å². The van der Waals surface area contributed by atoms with Gasteiger partial charge >= 0.3 is 0 Å². The average Bonchev–Trinajstić information content (AvgIpc) is 2.58. The number of hydrogen-bond donors (Lipinski definition) is 2. The maximum absolute atomic E-state index is 11.5. The van der Waals surface area contributed by atoms with E-state index in [1.54, 1.807) is 0 Å². The van der Waals surface area contributed by atoms with Gasteiger partial charge in [-0.3, -0.25) is 4.79 Å². The fourth-order valence-corrected chi connectivity index (χ4v) is 2.99. The van der Waals surface area contributed by atoms with Gasteiger partial charge in [0.25, 0.3) is 0 Å². The van der Waals surface area contributed by atoms with Gasteiger partial charge in [0.15, 0.2) is 0 Å². The third-order valence-electron chi connectivity index (χ3n) is 4.56. The van der Waals surface area contributed by atoms with Gasteiger partial charge in [0, 0.05) is 6.54 Å². The van der Waals surface area contributed by atoms with Crippen molar-refractivity contribution in [3.05, 3.63) is 0 Å². The second-order valence-corrected chi connectivity index (χ2v) is 7.12. The Morgan fingerprint density at radius 1 is 0.583 bits per heavy atom. The zero-order chi connectivity index (χ0) is 17.7. The molecule has 3 heteroatoms. The molecule has 2 N–H and O–H groups in total. The molecule has 0 saturated heterocycles. The number of carbonyl (C=O) groups excluding carboxylic acids is 1. The molecule has 0 bridgehead atoms. The summed E-state index contributed by atoms with van der Waals surface area (Å²) >= 11 is 0. The first-order valence-electron chi connectivity index (χ1n) is 10.8. The topological polar surface area (TPSA) is 41.1 Å². The summed E-state index contributed by atoms with van der Waals surface area (Å²) in [5.41, 5.74) is 0. The molecule has 0 spiro atoms. The SMILES string of the molecule is CCCCCCCCCCCCCCCCNC(=O)CNCCC. The maximum Gasteiger partial charge on any atom is 0.233 e. The van der Waals surface area contributed by atoms with Crippen molar-refractivity contribution in [3.8, 4) is 0 Å². The lowest BCUT2D eigenvalue weighted by Gasteiger charge is -2.06. The molecule has 3 nitrogen and oxygen atoms in total. The molecule has 0 unspecified atom stereocenters. The van der Waals surface area contributed by atoms with Gasteiger partial charge in [0.05, 0.1) is 6.54 Å². The van der Waals surface area contributed by atoms with E-state index in [4.69, 9.17) is 0 Å². The Bertz CT molecular complexity index is 256. The van der Waals surface area contributed by atoms with Crippen molar-refractivity contribution < 1.29 is 4.79 Å². The van der Waals surface area contributed by atoms with Gasteiger partial charge in [-0.2, -0.15) is 0 Å². The monoisotopic (exact) mass is 340 g/mol. The van der Waals surface area contributed by atoms with E-state index < -0.39 is 0 Å². The standard InChI is InChI=1S/C21H44N2O/c1-3-5-6-7-8-9-10-11-12-13-14-15-16-17-19-23-21(24)20-22-18-4-2/h22H,3-20H2,1-2H3,(H,23,24). The van der Waals surface area contributed by atoms with Gasteiger partial charge < -0.3 is 10.6 Å². The molecule has 0 aliphatic carbocycles. The summed E-state index contributed by atoms with van der Waals surface area (Å²) in [6.07, 6.45) is 20.3. The van der Waals surface area contributed by atoms with Gasteiger partial charge in [-0.1, -0.05) is 97.3 Å². The van der Waals surface area contributed by atoms with E-state index in [0.29, 0.717) is 6.54 Å². The van der Waals surface area contributed by atoms with Crippen LogP contribution < -0.4 is 10.6 Å². The summed E-state index contributed by atoms with van der Waals surface area (Å²) < 4.78 is 0. The van der Waals surface area contributed by atoms with Gasteiger partial charge in [-0.05, 0) is 19.4 Å². The van der Waals surface area contributed by atoms with E-state index in [2.05, 4.69) is 24.5 Å². The normalized spacial score (nSPS) is 10.9. The summed E-state index contributed by atoms with van der Waals surface area (Å²) in [6, 6.07) is 0. The molecule has 0 fully saturated rings. The minimum absolute atomic E-state index is 0.137. The molecule has 1 amide bonds. The van der Waals surface area contributed by atoms with Crippen LogP contribution in [0.2, 0.25) is 0 Å². The molecule has 0 saturated carbocycles. The maximum atomic E-state index is 11.5. The summed E-state index contributed by atoms with van der Waals surface area (Å²) in [5.74, 6) is 0.137. The number of unbranched alkanes of at least 4 members (excludes halogenated alkanes) is 13. The summed E-state index contributed by atoms with van der Waals surface area (Å²) in [7, 11) is 0. The van der Waals surface area contributed by atoms with Gasteiger partial charge in [-0.25, -0.2) is 0 Å². The first kappa shape index (κ1) is 23.4. The Morgan fingerprint density at radius 2 is 1.04 bits per heavy atom. The average molecular weight is 341 g/mol. The number of nitrogens with one attached hydrogen (secondary N) is 2. The predicted molar refractivity (Wildman–Crippen MR) is 106 cm³/mol. The van der Waals surface area contributed by atoms with Crippen molar-refractivity contribution in [2.75, 3.05) is 19.6 Å². The molecular weight excluding hydrogens is 296 g/mol. The second-order valence-electron chi connectivity index (χ2n) is 7.12. The molecule has 0 aromatic heterocycles. The van der Waals surface area contributed by atoms with E-state index in [9.17, 15) is 4.79 Å². The molecule has 0 atom stereocenters. The van der Waals surface area contributed by atoms with Crippen LogP contribution in [-0.2, 0) is 4.79 Å². The van der Waals surface area contributed by atoms with Crippen LogP contribution in [0.3, 0.4) is 0 Å². The van der Waals surface area contributed by atoms with Crippen LogP contribution in [0.15, 0.2) is 0 Å². The van der Waals surface area contributed by atoms with Gasteiger partial charge in [0.2, 0.25) is 5.91 Å². The first-order chi connectivity index (χ1) is 11.8. The molecule has 24 heavy (non-hydrogen) atoms. The Balaban J connectivity index is 3.06. The highest BCUT2D eigenvalue weighted by Gasteiger charge is 1.99. The van der Waals surface area contributed by atoms with Crippen molar-refractivity contribution in [1.82, 2.24) is 10.6 Å². The summed E-state index contributed by atoms with van der Waals surface area (Å²) in [6.45, 7) is 6.62. The smallest absolute Gasteiger partial charge is 0.233 e. The van der Waals surface area contributed by atoms with E-state index in [0.717, 1.165) is 25.9 Å². The van der Waals surface area contributed by atoms with Crippen LogP contribution in [0.1, 0.15) is 110 Å². The number of amides is 1. The van der Waals surface area contributed by atoms with Gasteiger partial charge in [0.1, 0.15) is 0 Å². The Morgan fingerprint density at radius 3 is 1.50 bits per heavy atom. The second kappa shape index (κ2) is 20.5. The zero-order valence-electron chi connectivity index (χ0n) is 16.6. The molecule has 0 aromatic carbocycles. The quantitative estimate of drug-likeness (QED) is 0.301. The molecule has 0 aromatic rings. The van der Waals surface area contributed by atoms with Crippen LogP contribution in [-0.4, -0.2) is 25.5 Å². The van der Waals surface area contributed by atoms with E-state index in [1.165, 1.54) is 83.5 Å². The fraction of sp³-hybridized carbons (Fsp3) is 0.952. The van der Waals surface area contributed by atoms with Crippen LogP contribution in [0, 0.1) is 0 Å². The highest BCUT2D eigenvalue weighted by Crippen LogP contribution is 2.12. The largest absolute Gasteiger partial charge is 0.355 e. The lowest BCUT2D eigenvalue weighted by Crippen LogP contribution is -2.34. The highest BCUT2D eigenvalue weighted by molar-refractivity contribution is 5.77. The van der Waals surface area contributed by atoms with Crippen molar-refractivity contribution in [3.63, 3.8) is 0 Å². The molecule has 0 rings (SSSR count). The highest BCUT2D eigenvalue weighted by atomic mass is 16.1. The van der Waals surface area contributed by atoms with Crippen molar-refractivity contribution in [2.24, 2.45) is 0 Å². The summed E-state index contributed by atoms with van der Waals surface area (Å²) in [4.78, 5) is 11.5. The molecule has 0 radical (unpaired) electrons. The predicted octanol–water partition coefficient (Wildman–Crippen LogP) is 5.58. The van der Waals surface area contributed by atoms with E-state index in [-0.39, 0.29) is 5.91 Å². The molecule has 0 heterocycles. The van der Waals surface area contributed by atoms with Crippen molar-refractivity contribution in [1.29, 1.82) is 0 Å². The molecule has 0 aliphatic heterocycles. The minimum Gasteiger partial charge on any atom is -0.355 e. The molecular formula is C21H44N2O. The zero-order valence-corrected chi connectivity index (χ0v) is 16.6. The minimum atomic E-state index is 0.137. The molecule has 144 valence electrons. The lowest BCUT2D eigenvalue weighted by atomic mass is 10.0. The van der Waals surface area contributed by atoms with Crippen LogP contribution >= 0.6 is 0 Å². The first-order valence-corrected chi connectivity index (χ1v) is 10.8. The third kappa shape index (κ3) is 19.5. The molecule has 0 aliphatic rings. The number of carbonyl (C=O) groups is 1. The van der Waals surface area contributed by atoms with Crippen molar-refractivity contribution in [2.45, 2.75) is 110 Å². The van der Waals surface area contributed by atoms with Crippen molar-refractivity contribution >= 4 is 5.91 Å². The fourth-order valence-electron chi connectivity index (χ4n) is 2.99. The van der Waals surface area contributed by atoms with Gasteiger partial charge in [-0.15, -0.1) is 0 Å². The Hall–Kier alpha value is -0.570. The summed E-state index contributed by atoms with van der Waals surface area (Å²) in [5, 5.41) is 6.11. The number of hydrogen-bond acceptors (Lipinski definition) is 2. The lowest BCUT2D eigenvalue weighted by molar-refractivity contribution is -0.120. The number of rotatable bonds is 19. The van der Waals surface area contributed by atoms with Crippen LogP contribution in [0.4, 0.5) is 0 Å². The Labute approximate surface area is 151 Å². The third-order valence-corrected chi connectivity index (χ3v) is 4.56. The van der Waals surface area contributed by atoms with Crippen LogP contribution in [0.5, 0.6) is 0 Å². The van der Waals surface area contributed by atoms with E-state index >= 15 is 0 Å². The van der Waals surface area contributed by atoms with Crippen LogP contribution in [0.25, 0.3) is 0 Å². The Kier molecular flexibility index (Phi) is 20.0.